The molecule has 0 saturated heterocycles. The van der Waals surface area contributed by atoms with E-state index in [1.165, 1.54) is 6.07 Å². The molecule has 2 amide bonds. The van der Waals surface area contributed by atoms with Gasteiger partial charge >= 0.3 is 6.03 Å². The van der Waals surface area contributed by atoms with Gasteiger partial charge in [0.1, 0.15) is 18.1 Å². The van der Waals surface area contributed by atoms with Gasteiger partial charge in [-0.1, -0.05) is 12.1 Å². The Kier molecular flexibility index (Phi) is 5.34. The molecule has 0 saturated carbocycles. The van der Waals surface area contributed by atoms with E-state index in [0.29, 0.717) is 23.7 Å². The van der Waals surface area contributed by atoms with Crippen molar-refractivity contribution in [3.63, 3.8) is 0 Å². The van der Waals surface area contributed by atoms with Crippen LogP contribution in [0.15, 0.2) is 67.0 Å². The number of phenolic OH excluding ortho intramolecular Hbond substituents is 1. The van der Waals surface area contributed by atoms with Crippen molar-refractivity contribution in [3.8, 4) is 11.5 Å². The number of phenols is 1. The molecule has 26 heavy (non-hydrogen) atoms. The normalized spacial score (nSPS) is 10.2. The standard InChI is InChI=1S/C20H19N3O3/c1-14-10-17(24)7-8-19(14)23-20(25)22-16-5-2-6-18(11-16)26-13-15-4-3-9-21-12-15/h2-12,24H,13H2,1H3,(H2,22,23,25). The SMILES string of the molecule is Cc1cc(O)ccc1NC(=O)Nc1cccc(OCc2cccnc2)c1. The van der Waals surface area contributed by atoms with E-state index < -0.39 is 0 Å². The minimum absolute atomic E-state index is 0.159. The van der Waals surface area contributed by atoms with E-state index in [-0.39, 0.29) is 11.8 Å². The molecule has 3 rings (SSSR count). The van der Waals surface area contributed by atoms with Crippen molar-refractivity contribution in [2.24, 2.45) is 0 Å². The third-order valence-electron chi connectivity index (χ3n) is 3.68. The molecule has 132 valence electrons. The van der Waals surface area contributed by atoms with Gasteiger partial charge in [-0.05, 0) is 48.9 Å². The third kappa shape index (κ3) is 4.73. The predicted octanol–water partition coefficient (Wildman–Crippen LogP) is 4.32. The Bertz CT molecular complexity index is 898. The van der Waals surface area contributed by atoms with Crippen LogP contribution in [0.3, 0.4) is 0 Å². The molecule has 3 N–H and O–H groups in total. The first-order chi connectivity index (χ1) is 12.6. The molecular formula is C20H19N3O3. The van der Waals surface area contributed by atoms with Gasteiger partial charge in [0.2, 0.25) is 0 Å². The Morgan fingerprint density at radius 3 is 2.77 bits per heavy atom. The second-order valence-electron chi connectivity index (χ2n) is 5.76. The van der Waals surface area contributed by atoms with Gasteiger partial charge in [-0.25, -0.2) is 4.79 Å². The summed E-state index contributed by atoms with van der Waals surface area (Å²) in [6.07, 6.45) is 3.46. The number of hydrogen-bond donors (Lipinski definition) is 3. The molecule has 0 spiro atoms. The average molecular weight is 349 g/mol. The van der Waals surface area contributed by atoms with Crippen LogP contribution in [0.2, 0.25) is 0 Å². The third-order valence-corrected chi connectivity index (χ3v) is 3.68. The maximum Gasteiger partial charge on any atom is 0.323 e. The van der Waals surface area contributed by atoms with E-state index in [9.17, 15) is 9.90 Å². The number of rotatable bonds is 5. The molecule has 2 aromatic carbocycles. The largest absolute Gasteiger partial charge is 0.508 e. The zero-order valence-electron chi connectivity index (χ0n) is 14.3. The molecule has 3 aromatic rings. The van der Waals surface area contributed by atoms with Gasteiger partial charge in [0, 0.05) is 35.4 Å². The fraction of sp³-hybridized carbons (Fsp3) is 0.100. The Labute approximate surface area is 151 Å². The van der Waals surface area contributed by atoms with E-state index in [1.54, 1.807) is 42.7 Å². The summed E-state index contributed by atoms with van der Waals surface area (Å²) in [5.41, 5.74) is 2.98. The summed E-state index contributed by atoms with van der Waals surface area (Å²) in [5, 5.41) is 14.9. The van der Waals surface area contributed by atoms with Crippen molar-refractivity contribution in [1.29, 1.82) is 0 Å². The molecule has 0 atom stereocenters. The second kappa shape index (κ2) is 8.02. The van der Waals surface area contributed by atoms with Crippen molar-refractivity contribution in [2.45, 2.75) is 13.5 Å². The van der Waals surface area contributed by atoms with Gasteiger partial charge in [-0.3, -0.25) is 4.98 Å². The second-order valence-corrected chi connectivity index (χ2v) is 5.76. The van der Waals surface area contributed by atoms with E-state index in [2.05, 4.69) is 15.6 Å². The van der Waals surface area contributed by atoms with Crippen LogP contribution in [0.5, 0.6) is 11.5 Å². The Balaban J connectivity index is 1.60. The van der Waals surface area contributed by atoms with Gasteiger partial charge in [0.15, 0.2) is 0 Å². The van der Waals surface area contributed by atoms with Crippen LogP contribution >= 0.6 is 0 Å². The molecule has 0 unspecified atom stereocenters. The number of ether oxygens (including phenoxy) is 1. The predicted molar refractivity (Wildman–Crippen MR) is 100 cm³/mol. The zero-order chi connectivity index (χ0) is 18.4. The van der Waals surface area contributed by atoms with E-state index in [0.717, 1.165) is 11.1 Å². The minimum atomic E-state index is -0.372. The highest BCUT2D eigenvalue weighted by Gasteiger charge is 2.06. The number of aromatic nitrogens is 1. The number of hydrogen-bond acceptors (Lipinski definition) is 4. The van der Waals surface area contributed by atoms with Crippen LogP contribution in [0, 0.1) is 6.92 Å². The molecule has 0 aliphatic rings. The number of nitrogens with one attached hydrogen (secondary N) is 2. The minimum Gasteiger partial charge on any atom is -0.508 e. The van der Waals surface area contributed by atoms with Crippen molar-refractivity contribution in [3.05, 3.63) is 78.1 Å². The van der Waals surface area contributed by atoms with Crippen LogP contribution in [0.1, 0.15) is 11.1 Å². The first kappa shape index (κ1) is 17.3. The summed E-state index contributed by atoms with van der Waals surface area (Å²) in [4.78, 5) is 16.2. The smallest absolute Gasteiger partial charge is 0.323 e. The molecule has 6 nitrogen and oxygen atoms in total. The number of urea groups is 1. The molecule has 1 heterocycles. The fourth-order valence-corrected chi connectivity index (χ4v) is 2.39. The monoisotopic (exact) mass is 349 g/mol. The fourth-order valence-electron chi connectivity index (χ4n) is 2.39. The van der Waals surface area contributed by atoms with Crippen LogP contribution in [-0.4, -0.2) is 16.1 Å². The molecule has 6 heteroatoms. The molecule has 0 aliphatic carbocycles. The van der Waals surface area contributed by atoms with Gasteiger partial charge in [-0.2, -0.15) is 0 Å². The summed E-state index contributed by atoms with van der Waals surface area (Å²) in [6, 6.07) is 15.3. The van der Waals surface area contributed by atoms with Crippen molar-refractivity contribution in [1.82, 2.24) is 4.98 Å². The van der Waals surface area contributed by atoms with Gasteiger partial charge in [0.05, 0.1) is 0 Å². The maximum absolute atomic E-state index is 12.2. The average Bonchev–Trinajstić information content (AvgIpc) is 2.63. The summed E-state index contributed by atoms with van der Waals surface area (Å²) in [5.74, 6) is 0.805. The van der Waals surface area contributed by atoms with E-state index in [4.69, 9.17) is 4.74 Å². The van der Waals surface area contributed by atoms with E-state index >= 15 is 0 Å². The molecule has 0 aliphatic heterocycles. The zero-order valence-corrected chi connectivity index (χ0v) is 14.3. The van der Waals surface area contributed by atoms with Gasteiger partial charge in [-0.15, -0.1) is 0 Å². The number of aryl methyl sites for hydroxylation is 1. The highest BCUT2D eigenvalue weighted by Crippen LogP contribution is 2.21. The topological polar surface area (TPSA) is 83.5 Å². The lowest BCUT2D eigenvalue weighted by molar-refractivity contribution is 0.262. The summed E-state index contributed by atoms with van der Waals surface area (Å²) in [7, 11) is 0. The number of carbonyl (C=O) groups is 1. The maximum atomic E-state index is 12.2. The van der Waals surface area contributed by atoms with Crippen LogP contribution in [0.4, 0.5) is 16.2 Å². The molecular weight excluding hydrogens is 330 g/mol. The van der Waals surface area contributed by atoms with Crippen molar-refractivity contribution in [2.75, 3.05) is 10.6 Å². The lowest BCUT2D eigenvalue weighted by atomic mass is 10.2. The van der Waals surface area contributed by atoms with E-state index in [1.807, 2.05) is 25.1 Å². The molecule has 1 aromatic heterocycles. The molecule has 0 bridgehead atoms. The van der Waals surface area contributed by atoms with Gasteiger partial charge in [0.25, 0.3) is 0 Å². The number of nitrogens with zero attached hydrogens (tertiary/aromatic N) is 1. The molecule has 0 fully saturated rings. The number of aromatic hydroxyl groups is 1. The van der Waals surface area contributed by atoms with Crippen LogP contribution in [0.25, 0.3) is 0 Å². The summed E-state index contributed by atoms with van der Waals surface area (Å²) in [6.45, 7) is 2.21. The quantitative estimate of drug-likeness (QED) is 0.599. The lowest BCUT2D eigenvalue weighted by Gasteiger charge is -2.11. The number of benzene rings is 2. The first-order valence-corrected chi connectivity index (χ1v) is 8.09. The Morgan fingerprint density at radius 2 is 2.00 bits per heavy atom. The first-order valence-electron chi connectivity index (χ1n) is 8.09. The number of amides is 2. The summed E-state index contributed by atoms with van der Waals surface area (Å²) < 4.78 is 5.73. The Hall–Kier alpha value is -3.54. The highest BCUT2D eigenvalue weighted by atomic mass is 16.5. The molecule has 0 radical (unpaired) electrons. The summed E-state index contributed by atoms with van der Waals surface area (Å²) >= 11 is 0. The number of pyridine rings is 1. The van der Waals surface area contributed by atoms with Crippen molar-refractivity contribution >= 4 is 17.4 Å². The highest BCUT2D eigenvalue weighted by molar-refractivity contribution is 6.00. The number of anilines is 2. The lowest BCUT2D eigenvalue weighted by Crippen LogP contribution is -2.19. The van der Waals surface area contributed by atoms with Crippen LogP contribution in [-0.2, 0) is 6.61 Å². The van der Waals surface area contributed by atoms with Gasteiger partial charge < -0.3 is 20.5 Å². The number of carbonyl (C=O) groups excluding carboxylic acids is 1. The van der Waals surface area contributed by atoms with Crippen molar-refractivity contribution < 1.29 is 14.6 Å². The van der Waals surface area contributed by atoms with Crippen LogP contribution < -0.4 is 15.4 Å². The Morgan fingerprint density at radius 1 is 1.12 bits per heavy atom.